The molecule has 0 fully saturated rings. The van der Waals surface area contributed by atoms with Gasteiger partial charge in [-0.25, -0.2) is 4.79 Å². The molecular formula is C11H22O6. The van der Waals surface area contributed by atoms with E-state index in [0.29, 0.717) is 6.42 Å². The van der Waals surface area contributed by atoms with E-state index in [0.717, 1.165) is 6.08 Å². The topological polar surface area (TPSA) is 118 Å². The highest BCUT2D eigenvalue weighted by Crippen LogP contribution is 2.28. The summed E-state index contributed by atoms with van der Waals surface area (Å²) in [6.07, 6.45) is 1.31. The van der Waals surface area contributed by atoms with Gasteiger partial charge in [0, 0.05) is 18.1 Å². The summed E-state index contributed by atoms with van der Waals surface area (Å²) >= 11 is 0. The highest BCUT2D eigenvalue weighted by atomic mass is 16.4. The summed E-state index contributed by atoms with van der Waals surface area (Å²) < 4.78 is 0. The van der Waals surface area contributed by atoms with E-state index < -0.39 is 11.4 Å². The number of rotatable bonds is 7. The van der Waals surface area contributed by atoms with Crippen LogP contribution in [0.5, 0.6) is 0 Å². The van der Waals surface area contributed by atoms with Crippen molar-refractivity contribution in [1.82, 2.24) is 0 Å². The van der Waals surface area contributed by atoms with Crippen LogP contribution in [0.25, 0.3) is 0 Å². The Hall–Kier alpha value is -0.950. The summed E-state index contributed by atoms with van der Waals surface area (Å²) in [5.41, 5.74) is -0.858. The van der Waals surface area contributed by atoms with Crippen LogP contribution in [-0.4, -0.2) is 57.9 Å². The lowest BCUT2D eigenvalue weighted by atomic mass is 9.77. The van der Waals surface area contributed by atoms with Gasteiger partial charge < -0.3 is 25.5 Å². The molecule has 0 aliphatic rings. The Labute approximate surface area is 101 Å². The molecule has 6 heteroatoms. The number of aliphatic hydroxyl groups is 4. The summed E-state index contributed by atoms with van der Waals surface area (Å²) in [6.45, 7) is 3.97. The fourth-order valence-corrected chi connectivity index (χ4v) is 1.12. The zero-order valence-corrected chi connectivity index (χ0v) is 10.0. The van der Waals surface area contributed by atoms with E-state index in [1.807, 2.05) is 0 Å². The van der Waals surface area contributed by atoms with Crippen molar-refractivity contribution in [2.24, 2.45) is 11.3 Å². The maximum Gasteiger partial charge on any atom is 0.327 e. The van der Waals surface area contributed by atoms with Crippen molar-refractivity contribution in [1.29, 1.82) is 0 Å². The van der Waals surface area contributed by atoms with Crippen molar-refractivity contribution in [3.05, 3.63) is 12.7 Å². The van der Waals surface area contributed by atoms with E-state index in [1.165, 1.54) is 0 Å². The van der Waals surface area contributed by atoms with Crippen molar-refractivity contribution >= 4 is 5.97 Å². The molecule has 0 aromatic rings. The molecule has 1 unspecified atom stereocenters. The quantitative estimate of drug-likeness (QED) is 0.378. The third-order valence-corrected chi connectivity index (χ3v) is 2.73. The Kier molecular flexibility index (Phi) is 11.1. The molecule has 17 heavy (non-hydrogen) atoms. The normalized spacial score (nSPS) is 12.3. The highest BCUT2D eigenvalue weighted by molar-refractivity contribution is 5.78. The minimum atomic E-state index is -0.981. The Morgan fingerprint density at radius 1 is 1.24 bits per heavy atom. The lowest BCUT2D eigenvalue weighted by Gasteiger charge is -2.33. The molecule has 0 aromatic carbocycles. The summed E-state index contributed by atoms with van der Waals surface area (Å²) in [6, 6.07) is 0. The van der Waals surface area contributed by atoms with Gasteiger partial charge in [0.15, 0.2) is 0 Å². The first-order valence-electron chi connectivity index (χ1n) is 5.22. The molecule has 0 aromatic heterocycles. The van der Waals surface area contributed by atoms with Crippen molar-refractivity contribution in [3.63, 3.8) is 0 Å². The van der Waals surface area contributed by atoms with E-state index in [1.54, 1.807) is 6.92 Å². The number of carboxylic acid groups (broad SMARTS) is 1. The molecule has 0 saturated carbocycles. The lowest BCUT2D eigenvalue weighted by Crippen LogP contribution is -2.40. The van der Waals surface area contributed by atoms with E-state index in [9.17, 15) is 4.79 Å². The molecule has 0 aliphatic heterocycles. The average Bonchev–Trinajstić information content (AvgIpc) is 2.33. The molecule has 102 valence electrons. The van der Waals surface area contributed by atoms with Gasteiger partial charge >= 0.3 is 5.97 Å². The van der Waals surface area contributed by atoms with Crippen molar-refractivity contribution in [2.75, 3.05) is 26.4 Å². The van der Waals surface area contributed by atoms with Crippen LogP contribution in [-0.2, 0) is 4.79 Å². The summed E-state index contributed by atoms with van der Waals surface area (Å²) in [4.78, 5) is 9.25. The largest absolute Gasteiger partial charge is 0.478 e. The third kappa shape index (κ3) is 7.06. The van der Waals surface area contributed by atoms with Crippen LogP contribution in [0.4, 0.5) is 0 Å². The van der Waals surface area contributed by atoms with Crippen LogP contribution in [0.2, 0.25) is 0 Å². The van der Waals surface area contributed by atoms with Gasteiger partial charge in [0.25, 0.3) is 0 Å². The van der Waals surface area contributed by atoms with Gasteiger partial charge in [-0.1, -0.05) is 13.5 Å². The molecule has 0 aliphatic carbocycles. The number of aliphatic hydroxyl groups excluding tert-OH is 4. The van der Waals surface area contributed by atoms with Gasteiger partial charge in [-0.15, -0.1) is 0 Å². The number of aliphatic carboxylic acids is 1. The maximum atomic E-state index is 9.25. The summed E-state index contributed by atoms with van der Waals surface area (Å²) in [5.74, 6) is -1.08. The third-order valence-electron chi connectivity index (χ3n) is 2.73. The van der Waals surface area contributed by atoms with Gasteiger partial charge in [0.2, 0.25) is 0 Å². The predicted octanol–water partition coefficient (Wildman–Crippen LogP) is -0.775. The van der Waals surface area contributed by atoms with Gasteiger partial charge in [-0.3, -0.25) is 0 Å². The van der Waals surface area contributed by atoms with Crippen molar-refractivity contribution in [2.45, 2.75) is 13.3 Å². The second kappa shape index (κ2) is 10.2. The maximum absolute atomic E-state index is 9.25. The minimum Gasteiger partial charge on any atom is -0.478 e. The van der Waals surface area contributed by atoms with Crippen molar-refractivity contribution in [3.8, 4) is 0 Å². The molecule has 1 atom stereocenters. The summed E-state index contributed by atoms with van der Waals surface area (Å²) in [7, 11) is 0. The van der Waals surface area contributed by atoms with E-state index in [-0.39, 0.29) is 32.3 Å². The van der Waals surface area contributed by atoms with E-state index >= 15 is 0 Å². The molecule has 0 heterocycles. The Balaban J connectivity index is 0. The van der Waals surface area contributed by atoms with Gasteiger partial charge in [0.05, 0.1) is 19.8 Å². The number of carbonyl (C=O) groups is 1. The van der Waals surface area contributed by atoms with Crippen LogP contribution in [0, 0.1) is 11.3 Å². The van der Waals surface area contributed by atoms with Crippen LogP contribution in [0.15, 0.2) is 12.7 Å². The fourth-order valence-electron chi connectivity index (χ4n) is 1.12. The van der Waals surface area contributed by atoms with Crippen LogP contribution < -0.4 is 0 Å². The minimum absolute atomic E-state index is 0.00289. The van der Waals surface area contributed by atoms with Crippen LogP contribution in [0.1, 0.15) is 13.3 Å². The molecule has 0 spiro atoms. The SMILES string of the molecule is C=CC(=O)O.CC(CCO)C(CO)(CO)CO. The van der Waals surface area contributed by atoms with E-state index in [4.69, 9.17) is 25.5 Å². The smallest absolute Gasteiger partial charge is 0.327 e. The zero-order valence-electron chi connectivity index (χ0n) is 10.0. The molecule has 6 nitrogen and oxygen atoms in total. The van der Waals surface area contributed by atoms with Gasteiger partial charge in [-0.2, -0.15) is 0 Å². The van der Waals surface area contributed by atoms with Gasteiger partial charge in [-0.05, 0) is 12.3 Å². The second-order valence-corrected chi connectivity index (χ2v) is 3.79. The molecule has 0 amide bonds. The van der Waals surface area contributed by atoms with Crippen LogP contribution >= 0.6 is 0 Å². The predicted molar refractivity (Wildman–Crippen MR) is 62.4 cm³/mol. The van der Waals surface area contributed by atoms with Crippen molar-refractivity contribution < 1.29 is 30.3 Å². The first-order valence-corrected chi connectivity index (χ1v) is 5.22. The number of hydrogen-bond acceptors (Lipinski definition) is 5. The van der Waals surface area contributed by atoms with Crippen LogP contribution in [0.3, 0.4) is 0 Å². The average molecular weight is 250 g/mol. The molecule has 5 N–H and O–H groups in total. The van der Waals surface area contributed by atoms with Gasteiger partial charge in [0.1, 0.15) is 0 Å². The molecule has 0 saturated heterocycles. The fraction of sp³-hybridized carbons (Fsp3) is 0.727. The molecule has 0 bridgehead atoms. The zero-order chi connectivity index (χ0) is 13.9. The Morgan fingerprint density at radius 2 is 1.59 bits per heavy atom. The monoisotopic (exact) mass is 250 g/mol. The molecular weight excluding hydrogens is 228 g/mol. The number of hydrogen-bond donors (Lipinski definition) is 5. The van der Waals surface area contributed by atoms with E-state index in [2.05, 4.69) is 6.58 Å². The highest BCUT2D eigenvalue weighted by Gasteiger charge is 2.33. The Morgan fingerprint density at radius 3 is 1.76 bits per heavy atom. The number of carboxylic acids is 1. The standard InChI is InChI=1S/C8H18O4.C3H4O2/c1-7(2-3-9)8(4-10,5-11)6-12;1-2-3(4)5/h7,9-12H,2-6H2,1H3;2H,1H2,(H,4,5). The first-order chi connectivity index (χ1) is 7.93. The lowest BCUT2D eigenvalue weighted by molar-refractivity contribution is -0.131. The molecule has 0 rings (SSSR count). The second-order valence-electron chi connectivity index (χ2n) is 3.79. The first kappa shape index (κ1) is 18.4. The Bertz CT molecular complexity index is 204. The summed E-state index contributed by atoms with van der Waals surface area (Å²) in [5, 5.41) is 43.2. The molecule has 0 radical (unpaired) electrons.